The fraction of sp³-hybridized carbons (Fsp3) is 0.600. The van der Waals surface area contributed by atoms with Crippen molar-refractivity contribution in [2.75, 3.05) is 39.8 Å². The summed E-state index contributed by atoms with van der Waals surface area (Å²) in [6.45, 7) is 6.45. The van der Waals surface area contributed by atoms with Gasteiger partial charge in [-0.25, -0.2) is 0 Å². The van der Waals surface area contributed by atoms with Gasteiger partial charge in [0.1, 0.15) is 0 Å². The van der Waals surface area contributed by atoms with E-state index in [2.05, 4.69) is 56.2 Å². The van der Waals surface area contributed by atoms with E-state index >= 15 is 0 Å². The molecule has 1 heterocycles. The van der Waals surface area contributed by atoms with Crippen molar-refractivity contribution >= 4 is 35.8 Å². The van der Waals surface area contributed by atoms with Crippen LogP contribution in [0.4, 0.5) is 0 Å². The van der Waals surface area contributed by atoms with Gasteiger partial charge in [0, 0.05) is 33.1 Å². The molecule has 0 aliphatic carbocycles. The minimum absolute atomic E-state index is 0. The van der Waals surface area contributed by atoms with E-state index < -0.39 is 0 Å². The molecule has 1 aromatic rings. The van der Waals surface area contributed by atoms with Crippen molar-refractivity contribution in [1.82, 2.24) is 20.9 Å². The van der Waals surface area contributed by atoms with E-state index in [9.17, 15) is 4.79 Å². The molecule has 1 atom stereocenters. The van der Waals surface area contributed by atoms with Gasteiger partial charge in [-0.2, -0.15) is 0 Å². The first-order valence-corrected chi connectivity index (χ1v) is 9.74. The lowest BCUT2D eigenvalue weighted by atomic mass is 10.1. The third kappa shape index (κ3) is 8.47. The summed E-state index contributed by atoms with van der Waals surface area (Å²) in [6.07, 6.45) is 3.95. The number of likely N-dealkylation sites (tertiary alicyclic amines) is 1. The van der Waals surface area contributed by atoms with Crippen LogP contribution in [0, 0.1) is 0 Å². The fourth-order valence-electron chi connectivity index (χ4n) is 3.25. The van der Waals surface area contributed by atoms with Crippen LogP contribution in [0.5, 0.6) is 0 Å². The van der Waals surface area contributed by atoms with Crippen molar-refractivity contribution in [2.24, 2.45) is 4.99 Å². The molecule has 0 spiro atoms. The number of nitrogens with one attached hydrogen (secondary N) is 3. The van der Waals surface area contributed by atoms with Crippen LogP contribution >= 0.6 is 24.0 Å². The number of hydrogen-bond donors (Lipinski definition) is 3. The molecule has 0 saturated carbocycles. The molecule has 1 aliphatic rings. The van der Waals surface area contributed by atoms with E-state index in [1.807, 2.05) is 6.92 Å². The van der Waals surface area contributed by atoms with Crippen LogP contribution in [-0.2, 0) is 4.79 Å². The average molecular weight is 487 g/mol. The lowest BCUT2D eigenvalue weighted by Gasteiger charge is -2.29. The second kappa shape index (κ2) is 13.8. The van der Waals surface area contributed by atoms with E-state index in [0.717, 1.165) is 38.6 Å². The van der Waals surface area contributed by atoms with Gasteiger partial charge in [0.2, 0.25) is 5.91 Å². The Labute approximate surface area is 180 Å². The second-order valence-corrected chi connectivity index (χ2v) is 6.65. The van der Waals surface area contributed by atoms with Crippen LogP contribution in [0.3, 0.4) is 0 Å². The summed E-state index contributed by atoms with van der Waals surface area (Å²) in [7, 11) is 1.76. The van der Waals surface area contributed by atoms with Gasteiger partial charge in [-0.05, 0) is 37.9 Å². The maximum absolute atomic E-state index is 11.7. The largest absolute Gasteiger partial charge is 0.356 e. The summed E-state index contributed by atoms with van der Waals surface area (Å²) in [4.78, 5) is 18.5. The zero-order valence-electron chi connectivity index (χ0n) is 16.5. The molecule has 1 amide bonds. The van der Waals surface area contributed by atoms with Gasteiger partial charge in [0.05, 0.1) is 6.04 Å². The number of nitrogens with zero attached hydrogens (tertiary/aromatic N) is 2. The number of aliphatic imine (C=N–C) groups is 1. The van der Waals surface area contributed by atoms with Crippen LogP contribution in [0.2, 0.25) is 0 Å². The predicted octanol–water partition coefficient (Wildman–Crippen LogP) is 2.52. The standard InChI is InChI=1S/C20H33N5O.HI/c1-3-12-22-19(26)11-13-23-20(21-2)24-16-18(25-14-7-8-15-25)17-9-5-4-6-10-17;/h4-6,9-10,18H,3,7-8,11-16H2,1-2H3,(H,22,26)(H2,21,23,24);1H. The van der Waals surface area contributed by atoms with Gasteiger partial charge in [-0.1, -0.05) is 37.3 Å². The van der Waals surface area contributed by atoms with Gasteiger partial charge in [0.15, 0.2) is 5.96 Å². The van der Waals surface area contributed by atoms with Gasteiger partial charge >= 0.3 is 0 Å². The number of halogens is 1. The number of amides is 1. The molecule has 1 aliphatic heterocycles. The van der Waals surface area contributed by atoms with Crippen LogP contribution < -0.4 is 16.0 Å². The normalized spacial score (nSPS) is 15.7. The van der Waals surface area contributed by atoms with E-state index in [1.165, 1.54) is 18.4 Å². The number of carbonyl (C=O) groups excluding carboxylic acids is 1. The average Bonchev–Trinajstić information content (AvgIpc) is 3.20. The Morgan fingerprint density at radius 3 is 2.44 bits per heavy atom. The maximum atomic E-state index is 11.7. The highest BCUT2D eigenvalue weighted by molar-refractivity contribution is 14.0. The van der Waals surface area contributed by atoms with Crippen molar-refractivity contribution in [2.45, 2.75) is 38.6 Å². The van der Waals surface area contributed by atoms with Crippen molar-refractivity contribution < 1.29 is 4.79 Å². The minimum Gasteiger partial charge on any atom is -0.356 e. The van der Waals surface area contributed by atoms with Gasteiger partial charge in [-0.3, -0.25) is 14.7 Å². The van der Waals surface area contributed by atoms with Crippen LogP contribution in [0.1, 0.15) is 44.2 Å². The molecule has 3 N–H and O–H groups in total. The second-order valence-electron chi connectivity index (χ2n) is 6.65. The van der Waals surface area contributed by atoms with Crippen molar-refractivity contribution in [3.63, 3.8) is 0 Å². The fourth-order valence-corrected chi connectivity index (χ4v) is 3.25. The van der Waals surface area contributed by atoms with Crippen molar-refractivity contribution in [3.8, 4) is 0 Å². The quantitative estimate of drug-likeness (QED) is 0.285. The van der Waals surface area contributed by atoms with Crippen LogP contribution in [-0.4, -0.2) is 56.5 Å². The SMILES string of the molecule is CCCNC(=O)CCNC(=NC)NCC(c1ccccc1)N1CCCC1.I. The summed E-state index contributed by atoms with van der Waals surface area (Å²) >= 11 is 0. The van der Waals surface area contributed by atoms with E-state index in [0.29, 0.717) is 19.0 Å². The van der Waals surface area contributed by atoms with Crippen molar-refractivity contribution in [3.05, 3.63) is 35.9 Å². The zero-order chi connectivity index (χ0) is 18.6. The first kappa shape index (κ1) is 23.7. The molecule has 27 heavy (non-hydrogen) atoms. The Bertz CT molecular complexity index is 561. The monoisotopic (exact) mass is 487 g/mol. The Morgan fingerprint density at radius 1 is 1.11 bits per heavy atom. The number of rotatable bonds is 9. The van der Waals surface area contributed by atoms with E-state index in [-0.39, 0.29) is 29.9 Å². The zero-order valence-corrected chi connectivity index (χ0v) is 18.9. The number of guanidine groups is 1. The van der Waals surface area contributed by atoms with Crippen LogP contribution in [0.15, 0.2) is 35.3 Å². The Kier molecular flexibility index (Phi) is 12.1. The summed E-state index contributed by atoms with van der Waals surface area (Å²) in [5.74, 6) is 0.822. The highest BCUT2D eigenvalue weighted by atomic mass is 127. The van der Waals surface area contributed by atoms with Crippen LogP contribution in [0.25, 0.3) is 0 Å². The lowest BCUT2D eigenvalue weighted by molar-refractivity contribution is -0.120. The van der Waals surface area contributed by atoms with E-state index in [4.69, 9.17) is 0 Å². The maximum Gasteiger partial charge on any atom is 0.221 e. The molecular weight excluding hydrogens is 453 g/mol. The molecule has 1 fully saturated rings. The summed E-state index contributed by atoms with van der Waals surface area (Å²) in [6, 6.07) is 11.0. The molecule has 2 rings (SSSR count). The van der Waals surface area contributed by atoms with Gasteiger partial charge in [0.25, 0.3) is 0 Å². The third-order valence-corrected chi connectivity index (χ3v) is 4.67. The first-order valence-electron chi connectivity index (χ1n) is 9.74. The van der Waals surface area contributed by atoms with Crippen molar-refractivity contribution in [1.29, 1.82) is 0 Å². The molecule has 6 nitrogen and oxygen atoms in total. The highest BCUT2D eigenvalue weighted by Crippen LogP contribution is 2.24. The molecule has 0 aromatic heterocycles. The molecule has 1 aromatic carbocycles. The minimum atomic E-state index is 0. The molecule has 152 valence electrons. The predicted molar refractivity (Wildman–Crippen MR) is 123 cm³/mol. The molecular formula is C20H34IN5O. The number of hydrogen-bond acceptors (Lipinski definition) is 3. The number of benzene rings is 1. The van der Waals surface area contributed by atoms with E-state index in [1.54, 1.807) is 7.05 Å². The molecule has 7 heteroatoms. The topological polar surface area (TPSA) is 68.8 Å². The highest BCUT2D eigenvalue weighted by Gasteiger charge is 2.23. The number of carbonyl (C=O) groups is 1. The molecule has 0 bridgehead atoms. The molecule has 1 unspecified atom stereocenters. The van der Waals surface area contributed by atoms with Gasteiger partial charge < -0.3 is 16.0 Å². The summed E-state index contributed by atoms with van der Waals surface area (Å²) in [5.41, 5.74) is 1.33. The summed E-state index contributed by atoms with van der Waals surface area (Å²) in [5, 5.41) is 9.55. The Morgan fingerprint density at radius 2 is 1.81 bits per heavy atom. The lowest BCUT2D eigenvalue weighted by Crippen LogP contribution is -2.43. The van der Waals surface area contributed by atoms with Gasteiger partial charge in [-0.15, -0.1) is 24.0 Å². The molecule has 0 radical (unpaired) electrons. The Hall–Kier alpha value is -1.35. The Balaban J connectivity index is 0.00000364. The first-order chi connectivity index (χ1) is 12.7. The molecule has 1 saturated heterocycles. The summed E-state index contributed by atoms with van der Waals surface area (Å²) < 4.78 is 0. The smallest absolute Gasteiger partial charge is 0.221 e. The third-order valence-electron chi connectivity index (χ3n) is 4.67.